The second-order valence-electron chi connectivity index (χ2n) is 3.35. The quantitative estimate of drug-likeness (QED) is 0.722. The van der Waals surface area contributed by atoms with Crippen molar-refractivity contribution in [3.63, 3.8) is 0 Å². The fraction of sp³-hybridized carbons (Fsp3) is 0.556. The van der Waals surface area contributed by atoms with Crippen LogP contribution in [0.4, 0.5) is 5.95 Å². The summed E-state index contributed by atoms with van der Waals surface area (Å²) >= 11 is 0. The van der Waals surface area contributed by atoms with Crippen LogP contribution in [0, 0.1) is 5.92 Å². The Bertz CT molecular complexity index is 319. The number of nitrogens with zero attached hydrogens (tertiary/aromatic N) is 2. The third-order valence-corrected chi connectivity index (χ3v) is 2.31. The summed E-state index contributed by atoms with van der Waals surface area (Å²) in [6, 6.07) is 2.01. The van der Waals surface area contributed by atoms with Crippen molar-refractivity contribution in [3.8, 4) is 5.88 Å². The molecule has 0 amide bonds. The van der Waals surface area contributed by atoms with Crippen LogP contribution < -0.4 is 10.1 Å². The maximum Gasteiger partial charge on any atom is 0.226 e. The highest BCUT2D eigenvalue weighted by Gasteiger charge is 2.36. The van der Waals surface area contributed by atoms with Gasteiger partial charge in [0.1, 0.15) is 0 Å². The minimum Gasteiger partial charge on any atom is -0.481 e. The number of hydrogen-bond acceptors (Lipinski definition) is 5. The Labute approximate surface area is 82.1 Å². The molecule has 0 aliphatic heterocycles. The van der Waals surface area contributed by atoms with E-state index in [2.05, 4.69) is 15.3 Å². The van der Waals surface area contributed by atoms with E-state index in [9.17, 15) is 0 Å². The highest BCUT2D eigenvalue weighted by Crippen LogP contribution is 2.32. The lowest BCUT2D eigenvalue weighted by atomic mass is 10.4. The minimum atomic E-state index is 0.224. The van der Waals surface area contributed by atoms with Gasteiger partial charge in [0.15, 0.2) is 0 Å². The van der Waals surface area contributed by atoms with Crippen LogP contribution in [-0.2, 0) is 0 Å². The van der Waals surface area contributed by atoms with E-state index in [-0.39, 0.29) is 6.61 Å². The van der Waals surface area contributed by atoms with Gasteiger partial charge in [-0.15, -0.1) is 0 Å². The summed E-state index contributed by atoms with van der Waals surface area (Å²) in [6.07, 6.45) is 2.63. The lowest BCUT2D eigenvalue weighted by Crippen LogP contribution is -2.09. The second kappa shape index (κ2) is 3.79. The Morgan fingerprint density at radius 2 is 2.57 bits per heavy atom. The zero-order valence-corrected chi connectivity index (χ0v) is 7.97. The molecule has 0 saturated heterocycles. The van der Waals surface area contributed by atoms with E-state index in [0.717, 1.165) is 6.42 Å². The highest BCUT2D eigenvalue weighted by atomic mass is 16.5. The molecule has 0 radical (unpaired) electrons. The third-order valence-electron chi connectivity index (χ3n) is 2.31. The number of aliphatic hydroxyl groups is 1. The molecule has 1 fully saturated rings. The van der Waals surface area contributed by atoms with E-state index in [1.807, 2.05) is 0 Å². The molecule has 5 heteroatoms. The molecule has 0 spiro atoms. The summed E-state index contributed by atoms with van der Waals surface area (Å²) in [4.78, 5) is 8.17. The fourth-order valence-corrected chi connectivity index (χ4v) is 1.32. The standard InChI is InChI=1S/C9H13N3O2/c1-14-8-2-3-10-9(12-8)11-7-4-6(7)5-13/h2-3,6-7,13H,4-5H2,1H3,(H,10,11,12). The molecule has 1 heterocycles. The molecule has 2 unspecified atom stereocenters. The van der Waals surface area contributed by atoms with Gasteiger partial charge in [0.2, 0.25) is 11.8 Å². The molecule has 14 heavy (non-hydrogen) atoms. The number of rotatable bonds is 4. The number of nitrogens with one attached hydrogen (secondary N) is 1. The molecule has 5 nitrogen and oxygen atoms in total. The van der Waals surface area contributed by atoms with Gasteiger partial charge in [0.05, 0.1) is 7.11 Å². The molecule has 76 valence electrons. The van der Waals surface area contributed by atoms with Gasteiger partial charge < -0.3 is 15.2 Å². The maximum atomic E-state index is 8.85. The molecular formula is C9H13N3O2. The van der Waals surface area contributed by atoms with Gasteiger partial charge in [0, 0.05) is 30.8 Å². The molecule has 0 aromatic carbocycles. The third kappa shape index (κ3) is 1.93. The first kappa shape index (κ1) is 9.21. The largest absolute Gasteiger partial charge is 0.481 e. The van der Waals surface area contributed by atoms with Crippen molar-refractivity contribution in [2.24, 2.45) is 5.92 Å². The summed E-state index contributed by atoms with van der Waals surface area (Å²) < 4.78 is 4.97. The summed E-state index contributed by atoms with van der Waals surface area (Å²) in [5, 5.41) is 12.0. The van der Waals surface area contributed by atoms with Gasteiger partial charge in [-0.05, 0) is 6.42 Å². The van der Waals surface area contributed by atoms with Crippen LogP contribution in [0.1, 0.15) is 6.42 Å². The van der Waals surface area contributed by atoms with Crippen molar-refractivity contribution >= 4 is 5.95 Å². The van der Waals surface area contributed by atoms with E-state index < -0.39 is 0 Å². The Hall–Kier alpha value is -1.36. The number of methoxy groups -OCH3 is 1. The first-order valence-corrected chi connectivity index (χ1v) is 4.58. The maximum absolute atomic E-state index is 8.85. The number of hydrogen-bond donors (Lipinski definition) is 2. The smallest absolute Gasteiger partial charge is 0.226 e. The Balaban J connectivity index is 1.96. The SMILES string of the molecule is COc1ccnc(NC2CC2CO)n1. The van der Waals surface area contributed by atoms with Gasteiger partial charge in [0.25, 0.3) is 0 Å². The van der Waals surface area contributed by atoms with Crippen LogP contribution in [0.3, 0.4) is 0 Å². The molecule has 1 aliphatic rings. The van der Waals surface area contributed by atoms with Gasteiger partial charge in [-0.3, -0.25) is 0 Å². The number of ether oxygens (including phenoxy) is 1. The molecule has 2 rings (SSSR count). The molecule has 1 aliphatic carbocycles. The van der Waals surface area contributed by atoms with E-state index in [4.69, 9.17) is 9.84 Å². The topological polar surface area (TPSA) is 67.3 Å². The Morgan fingerprint density at radius 3 is 3.21 bits per heavy atom. The number of aliphatic hydroxyl groups excluding tert-OH is 1. The van der Waals surface area contributed by atoms with Crippen LogP contribution >= 0.6 is 0 Å². The van der Waals surface area contributed by atoms with Crippen molar-refractivity contribution in [1.29, 1.82) is 0 Å². The highest BCUT2D eigenvalue weighted by molar-refractivity contribution is 5.31. The summed E-state index contributed by atoms with van der Waals surface area (Å²) in [5.41, 5.74) is 0. The van der Waals surface area contributed by atoms with Crippen molar-refractivity contribution < 1.29 is 9.84 Å². The molecular weight excluding hydrogens is 182 g/mol. The zero-order chi connectivity index (χ0) is 9.97. The first-order valence-electron chi connectivity index (χ1n) is 4.58. The second-order valence-corrected chi connectivity index (χ2v) is 3.35. The van der Waals surface area contributed by atoms with E-state index in [1.165, 1.54) is 0 Å². The first-order chi connectivity index (χ1) is 6.83. The molecule has 2 atom stereocenters. The normalized spacial score (nSPS) is 24.4. The van der Waals surface area contributed by atoms with Crippen molar-refractivity contribution in [3.05, 3.63) is 12.3 Å². The lowest BCUT2D eigenvalue weighted by molar-refractivity contribution is 0.275. The monoisotopic (exact) mass is 195 g/mol. The summed E-state index contributed by atoms with van der Waals surface area (Å²) in [6.45, 7) is 0.224. The van der Waals surface area contributed by atoms with Crippen LogP contribution in [-0.4, -0.2) is 34.8 Å². The van der Waals surface area contributed by atoms with Gasteiger partial charge in [-0.25, -0.2) is 4.98 Å². The fourth-order valence-electron chi connectivity index (χ4n) is 1.32. The van der Waals surface area contributed by atoms with E-state index in [1.54, 1.807) is 19.4 Å². The predicted octanol–water partition coefficient (Wildman–Crippen LogP) is 0.278. The molecule has 2 N–H and O–H groups in total. The van der Waals surface area contributed by atoms with Crippen LogP contribution in [0.2, 0.25) is 0 Å². The average molecular weight is 195 g/mol. The van der Waals surface area contributed by atoms with Crippen molar-refractivity contribution in [1.82, 2.24) is 9.97 Å². The Morgan fingerprint density at radius 1 is 1.71 bits per heavy atom. The van der Waals surface area contributed by atoms with Crippen LogP contribution in [0.15, 0.2) is 12.3 Å². The molecule has 1 aromatic heterocycles. The number of anilines is 1. The van der Waals surface area contributed by atoms with E-state index in [0.29, 0.717) is 23.8 Å². The van der Waals surface area contributed by atoms with Crippen LogP contribution in [0.5, 0.6) is 5.88 Å². The summed E-state index contributed by atoms with van der Waals surface area (Å²) in [5.74, 6) is 1.46. The Kier molecular flexibility index (Phi) is 2.49. The van der Waals surface area contributed by atoms with Crippen LogP contribution in [0.25, 0.3) is 0 Å². The van der Waals surface area contributed by atoms with E-state index >= 15 is 0 Å². The summed E-state index contributed by atoms with van der Waals surface area (Å²) in [7, 11) is 1.57. The average Bonchev–Trinajstić information content (AvgIpc) is 2.97. The molecule has 1 saturated carbocycles. The lowest BCUT2D eigenvalue weighted by Gasteiger charge is -2.04. The predicted molar refractivity (Wildman–Crippen MR) is 51.2 cm³/mol. The van der Waals surface area contributed by atoms with Gasteiger partial charge in [-0.1, -0.05) is 0 Å². The molecule has 0 bridgehead atoms. The van der Waals surface area contributed by atoms with Crippen molar-refractivity contribution in [2.75, 3.05) is 19.0 Å². The molecule has 1 aromatic rings. The minimum absolute atomic E-state index is 0.224. The van der Waals surface area contributed by atoms with Gasteiger partial charge in [-0.2, -0.15) is 4.98 Å². The van der Waals surface area contributed by atoms with Gasteiger partial charge >= 0.3 is 0 Å². The number of aromatic nitrogens is 2. The van der Waals surface area contributed by atoms with Crippen molar-refractivity contribution in [2.45, 2.75) is 12.5 Å². The zero-order valence-electron chi connectivity index (χ0n) is 7.97.